The van der Waals surface area contributed by atoms with Crippen LogP contribution in [0.2, 0.25) is 10.0 Å². The number of benzene rings is 1. The van der Waals surface area contributed by atoms with Crippen molar-refractivity contribution in [1.82, 2.24) is 4.98 Å². The molecule has 1 aromatic heterocycles. The molecule has 11 heteroatoms. The van der Waals surface area contributed by atoms with E-state index in [4.69, 9.17) is 39.1 Å². The molecular weight excluding hydrogens is 441 g/mol. The van der Waals surface area contributed by atoms with Crippen LogP contribution in [0.3, 0.4) is 0 Å². The minimum atomic E-state index is -4.67. The topological polar surface area (TPSA) is 57.7 Å². The van der Waals surface area contributed by atoms with Crippen LogP contribution in [0.1, 0.15) is 5.56 Å². The van der Waals surface area contributed by atoms with Gasteiger partial charge in [0.15, 0.2) is 6.61 Å². The van der Waals surface area contributed by atoms with Crippen molar-refractivity contribution >= 4 is 29.2 Å². The zero-order chi connectivity index (χ0) is 21.8. The van der Waals surface area contributed by atoms with E-state index >= 15 is 0 Å². The molecule has 2 aromatic rings. The summed E-state index contributed by atoms with van der Waals surface area (Å²) >= 11 is 11.8. The van der Waals surface area contributed by atoms with Gasteiger partial charge in [-0.1, -0.05) is 29.1 Å². The quantitative estimate of drug-likeness (QED) is 0.274. The maximum absolute atomic E-state index is 14.4. The molecule has 0 bridgehead atoms. The molecule has 1 heterocycles. The van der Waals surface area contributed by atoms with E-state index in [0.29, 0.717) is 12.3 Å². The molecule has 0 N–H and O–H groups in total. The van der Waals surface area contributed by atoms with E-state index in [0.717, 1.165) is 19.2 Å². The minimum Gasteiger partial charge on any atom is -0.452 e. The number of halogens is 6. The lowest BCUT2D eigenvalue weighted by atomic mass is 10.1. The fourth-order valence-corrected chi connectivity index (χ4v) is 2.54. The van der Waals surface area contributed by atoms with E-state index in [1.807, 2.05) is 0 Å². The Labute approximate surface area is 172 Å². The van der Waals surface area contributed by atoms with Gasteiger partial charge in [0.2, 0.25) is 0 Å². The second-order valence-corrected chi connectivity index (χ2v) is 6.13. The molecule has 154 valence electrons. The summed E-state index contributed by atoms with van der Waals surface area (Å²) in [6, 6.07) is 2.44. The Morgan fingerprint density at radius 3 is 2.52 bits per heavy atom. The lowest BCUT2D eigenvalue weighted by molar-refractivity contribution is -0.171. The van der Waals surface area contributed by atoms with Gasteiger partial charge in [0, 0.05) is 18.9 Å². The number of esters is 1. The summed E-state index contributed by atoms with van der Waals surface area (Å²) in [5.74, 6) is -0.0560. The number of terminal acetylenes is 1. The van der Waals surface area contributed by atoms with Crippen LogP contribution in [-0.2, 0) is 20.4 Å². The monoisotopic (exact) mass is 451 g/mol. The molecule has 0 saturated carbocycles. The summed E-state index contributed by atoms with van der Waals surface area (Å²) in [7, 11) is 1.13. The van der Waals surface area contributed by atoms with Crippen LogP contribution in [0.15, 0.2) is 24.4 Å². The number of aromatic nitrogens is 1. The highest BCUT2D eigenvalue weighted by molar-refractivity contribution is 6.33. The maximum Gasteiger partial charge on any atom is 0.417 e. The van der Waals surface area contributed by atoms with Gasteiger partial charge < -0.3 is 14.2 Å². The first-order valence-corrected chi connectivity index (χ1v) is 8.35. The average molecular weight is 452 g/mol. The van der Waals surface area contributed by atoms with Crippen LogP contribution in [-0.4, -0.2) is 31.0 Å². The fraction of sp³-hybridized carbons (Fsp3) is 0.222. The smallest absolute Gasteiger partial charge is 0.417 e. The summed E-state index contributed by atoms with van der Waals surface area (Å²) in [4.78, 5) is 15.4. The molecule has 29 heavy (non-hydrogen) atoms. The van der Waals surface area contributed by atoms with E-state index in [1.54, 1.807) is 0 Å². The van der Waals surface area contributed by atoms with Crippen LogP contribution in [0, 0.1) is 18.2 Å². The Morgan fingerprint density at radius 1 is 1.28 bits per heavy atom. The number of pyridine rings is 1. The molecule has 0 saturated heterocycles. The van der Waals surface area contributed by atoms with E-state index < -0.39 is 34.8 Å². The number of hydrogen-bond acceptors (Lipinski definition) is 5. The summed E-state index contributed by atoms with van der Waals surface area (Å²) < 4.78 is 67.5. The van der Waals surface area contributed by atoms with Gasteiger partial charge in [-0.05, 0) is 18.2 Å². The van der Waals surface area contributed by atoms with Crippen molar-refractivity contribution in [3.05, 3.63) is 45.8 Å². The van der Waals surface area contributed by atoms with Gasteiger partial charge in [-0.15, -0.1) is 6.42 Å². The first-order chi connectivity index (χ1) is 13.6. The molecule has 0 fully saturated rings. The highest BCUT2D eigenvalue weighted by Crippen LogP contribution is 2.38. The van der Waals surface area contributed by atoms with Crippen molar-refractivity contribution in [3.63, 3.8) is 0 Å². The predicted molar refractivity (Wildman–Crippen MR) is 95.9 cm³/mol. The van der Waals surface area contributed by atoms with Gasteiger partial charge in [-0.3, -0.25) is 4.98 Å². The summed E-state index contributed by atoms with van der Waals surface area (Å²) in [5.41, 5.74) is -1.70. The second kappa shape index (κ2) is 9.31. The summed E-state index contributed by atoms with van der Waals surface area (Å²) in [6.45, 7) is -0.338. The van der Waals surface area contributed by atoms with E-state index in [9.17, 15) is 22.4 Å². The van der Waals surface area contributed by atoms with Crippen LogP contribution in [0.5, 0.6) is 5.75 Å². The number of methoxy groups -OCH3 is 1. The first-order valence-electron chi connectivity index (χ1n) is 7.60. The van der Waals surface area contributed by atoms with Crippen LogP contribution >= 0.6 is 23.2 Å². The zero-order valence-electron chi connectivity index (χ0n) is 14.5. The number of hydrogen-bond donors (Lipinski definition) is 0. The van der Waals surface area contributed by atoms with E-state index in [-0.39, 0.29) is 28.6 Å². The van der Waals surface area contributed by atoms with E-state index in [2.05, 4.69) is 15.6 Å². The molecule has 0 aliphatic heterocycles. The Bertz CT molecular complexity index is 960. The number of carbonyl (C=O) groups is 1. The molecule has 0 aliphatic rings. The Kier molecular flexibility index (Phi) is 7.30. The standard InChI is InChI=1S/C18H11Cl2F4NO4/c1-3-4-28-16(26)17(27-2)29-14-6-10(13(21)7-11(14)19)15-12(20)5-9(8-25-15)18(22,23)24/h1,5-8,17H,4H2,2H3. The molecule has 1 aromatic carbocycles. The molecule has 1 unspecified atom stereocenters. The van der Waals surface area contributed by atoms with Crippen LogP contribution in [0.4, 0.5) is 17.6 Å². The third kappa shape index (κ3) is 5.50. The van der Waals surface area contributed by atoms with Gasteiger partial charge in [-0.25, -0.2) is 9.18 Å². The summed E-state index contributed by atoms with van der Waals surface area (Å²) in [5, 5.41) is -0.704. The molecule has 5 nitrogen and oxygen atoms in total. The highest BCUT2D eigenvalue weighted by atomic mass is 35.5. The lowest BCUT2D eigenvalue weighted by Crippen LogP contribution is -2.31. The van der Waals surface area contributed by atoms with Crippen LogP contribution in [0.25, 0.3) is 11.3 Å². The predicted octanol–water partition coefficient (Wildman–Crippen LogP) is 4.74. The minimum absolute atomic E-state index is 0.231. The number of carbonyl (C=O) groups excluding carboxylic acids is 1. The van der Waals surface area contributed by atoms with Crippen molar-refractivity contribution < 1.29 is 36.6 Å². The Balaban J connectivity index is 2.42. The van der Waals surface area contributed by atoms with Gasteiger partial charge in [0.05, 0.1) is 21.3 Å². The third-order valence-electron chi connectivity index (χ3n) is 3.38. The number of rotatable bonds is 6. The van der Waals surface area contributed by atoms with Gasteiger partial charge in [0.25, 0.3) is 6.29 Å². The first kappa shape index (κ1) is 22.7. The van der Waals surface area contributed by atoms with Gasteiger partial charge in [0.1, 0.15) is 11.6 Å². The zero-order valence-corrected chi connectivity index (χ0v) is 16.0. The second-order valence-electron chi connectivity index (χ2n) is 5.31. The highest BCUT2D eigenvalue weighted by Gasteiger charge is 2.32. The molecule has 0 spiro atoms. The number of nitrogens with zero attached hydrogens (tertiary/aromatic N) is 1. The maximum atomic E-state index is 14.4. The lowest BCUT2D eigenvalue weighted by Gasteiger charge is -2.17. The normalized spacial score (nSPS) is 12.2. The Hall–Kier alpha value is -2.54. The molecule has 0 radical (unpaired) electrons. The molecule has 1 atom stereocenters. The Morgan fingerprint density at radius 2 is 1.97 bits per heavy atom. The largest absolute Gasteiger partial charge is 0.452 e. The van der Waals surface area contributed by atoms with Crippen molar-refractivity contribution in [2.45, 2.75) is 12.5 Å². The van der Waals surface area contributed by atoms with Crippen molar-refractivity contribution in [2.24, 2.45) is 0 Å². The van der Waals surface area contributed by atoms with Crippen molar-refractivity contribution in [1.29, 1.82) is 0 Å². The SMILES string of the molecule is C#CCOC(=O)C(OC)Oc1cc(-c2ncc(C(F)(F)F)cc2Cl)c(F)cc1Cl. The molecular formula is C18H11Cl2F4NO4. The van der Waals surface area contributed by atoms with Gasteiger partial charge in [-0.2, -0.15) is 13.2 Å². The van der Waals surface area contributed by atoms with Crippen LogP contribution < -0.4 is 4.74 Å². The van der Waals surface area contributed by atoms with Crippen molar-refractivity contribution in [2.75, 3.05) is 13.7 Å². The average Bonchev–Trinajstić information content (AvgIpc) is 2.65. The van der Waals surface area contributed by atoms with Crippen molar-refractivity contribution in [3.8, 4) is 29.4 Å². The number of ether oxygens (including phenoxy) is 3. The molecule has 0 aliphatic carbocycles. The third-order valence-corrected chi connectivity index (χ3v) is 3.97. The molecule has 0 amide bonds. The fourth-order valence-electron chi connectivity index (χ4n) is 2.08. The number of alkyl halides is 3. The molecule has 2 rings (SSSR count). The van der Waals surface area contributed by atoms with E-state index in [1.165, 1.54) is 0 Å². The summed E-state index contributed by atoms with van der Waals surface area (Å²) in [6.07, 6.45) is -0.771. The van der Waals surface area contributed by atoms with Gasteiger partial charge >= 0.3 is 12.1 Å².